The predicted molar refractivity (Wildman–Crippen MR) is 180 cm³/mol. The van der Waals surface area contributed by atoms with Crippen LogP contribution in [0.4, 0.5) is 0 Å². The predicted octanol–water partition coefficient (Wildman–Crippen LogP) is 7.11. The number of carbonyl (C=O) groups excluding carboxylic acids is 2. The minimum atomic E-state index is -0.428. The highest BCUT2D eigenvalue weighted by molar-refractivity contribution is 6.30. The summed E-state index contributed by atoms with van der Waals surface area (Å²) in [5.41, 5.74) is 5.74. The number of benzene rings is 4. The summed E-state index contributed by atoms with van der Waals surface area (Å²) in [4.78, 5) is 30.7. The summed E-state index contributed by atoms with van der Waals surface area (Å²) in [5.74, 6) is -0.780. The van der Waals surface area contributed by atoms with Crippen LogP contribution in [0.15, 0.2) is 103 Å². The number of esters is 1. The van der Waals surface area contributed by atoms with Crippen LogP contribution in [0.5, 0.6) is 0 Å². The molecule has 1 aliphatic heterocycles. The molecule has 0 radical (unpaired) electrons. The lowest BCUT2D eigenvalue weighted by molar-refractivity contribution is -0.147. The fourth-order valence-electron chi connectivity index (χ4n) is 5.77. The molecule has 0 saturated carbocycles. The van der Waals surface area contributed by atoms with Gasteiger partial charge in [0.25, 0.3) is 0 Å². The molecule has 1 fully saturated rings. The van der Waals surface area contributed by atoms with Crippen LogP contribution in [0.2, 0.25) is 5.02 Å². The van der Waals surface area contributed by atoms with Crippen LogP contribution in [0.1, 0.15) is 46.3 Å². The van der Waals surface area contributed by atoms with E-state index >= 15 is 0 Å². The molecule has 1 unspecified atom stereocenters. The van der Waals surface area contributed by atoms with E-state index in [1.165, 1.54) is 16.7 Å². The summed E-state index contributed by atoms with van der Waals surface area (Å²) in [5, 5.41) is 0.749. The zero-order valence-electron chi connectivity index (χ0n) is 25.9. The Kier molecular flexibility index (Phi) is 11.9. The summed E-state index contributed by atoms with van der Waals surface area (Å²) in [7, 11) is 0. The van der Waals surface area contributed by atoms with Gasteiger partial charge >= 0.3 is 5.97 Å². The molecule has 234 valence electrons. The molecule has 0 aromatic heterocycles. The quantitative estimate of drug-likeness (QED) is 0.0847. The molecule has 0 N–H and O–H groups in total. The lowest BCUT2D eigenvalue weighted by atomic mass is 9.93. The van der Waals surface area contributed by atoms with Crippen molar-refractivity contribution in [2.45, 2.75) is 25.8 Å². The van der Waals surface area contributed by atoms with Crippen LogP contribution in [-0.4, -0.2) is 74.1 Å². The maximum Gasteiger partial charge on any atom is 0.313 e. The molecular formula is C38H41ClN2O4. The second-order valence-electron chi connectivity index (χ2n) is 11.3. The normalized spacial score (nSPS) is 14.6. The van der Waals surface area contributed by atoms with Gasteiger partial charge in [-0.2, -0.15) is 0 Å². The number of ether oxygens (including phenoxy) is 2. The van der Waals surface area contributed by atoms with Gasteiger partial charge in [-0.25, -0.2) is 0 Å². The highest BCUT2D eigenvalue weighted by Gasteiger charge is 2.22. The van der Waals surface area contributed by atoms with Crippen LogP contribution in [-0.2, 0) is 20.8 Å². The third-order valence-electron chi connectivity index (χ3n) is 8.34. The van der Waals surface area contributed by atoms with E-state index in [4.69, 9.17) is 21.1 Å². The lowest BCUT2D eigenvalue weighted by Gasteiger charge is -2.35. The molecule has 4 aromatic rings. The molecule has 1 atom stereocenters. The van der Waals surface area contributed by atoms with Gasteiger partial charge in [0, 0.05) is 55.4 Å². The van der Waals surface area contributed by atoms with Gasteiger partial charge in [0.15, 0.2) is 5.78 Å². The van der Waals surface area contributed by atoms with E-state index in [-0.39, 0.29) is 18.4 Å². The van der Waals surface area contributed by atoms with E-state index in [0.29, 0.717) is 30.8 Å². The van der Waals surface area contributed by atoms with Gasteiger partial charge in [-0.05, 0) is 46.9 Å². The molecule has 0 spiro atoms. The summed E-state index contributed by atoms with van der Waals surface area (Å²) in [6, 6.07) is 33.1. The molecule has 6 nitrogen and oxygen atoms in total. The van der Waals surface area contributed by atoms with Gasteiger partial charge in [0.05, 0.1) is 19.1 Å². The van der Waals surface area contributed by atoms with E-state index in [1.54, 1.807) is 24.3 Å². The number of piperazine rings is 1. The number of nitrogens with zero attached hydrogens (tertiary/aromatic N) is 2. The highest BCUT2D eigenvalue weighted by Crippen LogP contribution is 2.27. The first-order valence-corrected chi connectivity index (χ1v) is 16.1. The fourth-order valence-corrected chi connectivity index (χ4v) is 5.90. The van der Waals surface area contributed by atoms with Crippen molar-refractivity contribution in [3.63, 3.8) is 0 Å². The molecule has 7 heteroatoms. The molecule has 0 amide bonds. The van der Waals surface area contributed by atoms with Crippen LogP contribution in [0.3, 0.4) is 0 Å². The molecule has 45 heavy (non-hydrogen) atoms. The van der Waals surface area contributed by atoms with Gasteiger partial charge in [-0.15, -0.1) is 0 Å². The van der Waals surface area contributed by atoms with Gasteiger partial charge in [-0.3, -0.25) is 19.4 Å². The van der Waals surface area contributed by atoms with E-state index in [9.17, 15) is 9.59 Å². The highest BCUT2D eigenvalue weighted by atomic mass is 35.5. The third-order valence-corrected chi connectivity index (χ3v) is 8.59. The summed E-state index contributed by atoms with van der Waals surface area (Å²) in [6.45, 7) is 8.87. The summed E-state index contributed by atoms with van der Waals surface area (Å²) >= 11 is 6.10. The van der Waals surface area contributed by atoms with Crippen molar-refractivity contribution in [1.82, 2.24) is 9.80 Å². The molecule has 0 aliphatic carbocycles. The Bertz CT molecular complexity index is 1540. The maximum absolute atomic E-state index is 12.9. The lowest BCUT2D eigenvalue weighted by Crippen LogP contribution is -2.46. The first-order chi connectivity index (χ1) is 22.0. The zero-order chi connectivity index (χ0) is 31.4. The number of hydrogen-bond donors (Lipinski definition) is 0. The van der Waals surface area contributed by atoms with Crippen LogP contribution in [0.25, 0.3) is 11.1 Å². The first-order valence-electron chi connectivity index (χ1n) is 15.7. The average molecular weight is 625 g/mol. The second kappa shape index (κ2) is 16.5. The van der Waals surface area contributed by atoms with Crippen molar-refractivity contribution in [2.24, 2.45) is 0 Å². The van der Waals surface area contributed by atoms with E-state index in [0.717, 1.165) is 49.9 Å². The number of rotatable bonds is 14. The minimum absolute atomic E-state index is 0.0602. The first kappa shape index (κ1) is 32.6. The monoisotopic (exact) mass is 624 g/mol. The Balaban J connectivity index is 1.00. The molecule has 0 bridgehead atoms. The van der Waals surface area contributed by atoms with Crippen LogP contribution in [0, 0.1) is 0 Å². The minimum Gasteiger partial charge on any atom is -0.463 e. The van der Waals surface area contributed by atoms with E-state index < -0.39 is 5.92 Å². The fraction of sp³-hybridized carbons (Fsp3) is 0.316. The molecule has 1 saturated heterocycles. The largest absolute Gasteiger partial charge is 0.463 e. The smallest absolute Gasteiger partial charge is 0.313 e. The Morgan fingerprint density at radius 3 is 2.20 bits per heavy atom. The Labute approximate surface area is 271 Å². The average Bonchev–Trinajstić information content (AvgIpc) is 3.08. The summed E-state index contributed by atoms with van der Waals surface area (Å²) in [6.07, 6.45) is 0.585. The number of ketones is 1. The van der Waals surface area contributed by atoms with Crippen molar-refractivity contribution in [3.8, 4) is 11.1 Å². The van der Waals surface area contributed by atoms with Gasteiger partial charge in [-0.1, -0.05) is 103 Å². The molecule has 1 aliphatic rings. The second-order valence-corrected chi connectivity index (χ2v) is 11.8. The standard InChI is InChI=1S/C38H41ClN2O4/c1-2-35(31-12-8-13-32(27-31)37(42)30-9-4-3-5-10-30)38(43)45-26-25-44-24-23-40-19-21-41(22-20-40)28-33-11-6-7-14-36(33)29-15-17-34(39)18-16-29/h3-18,27,35H,2,19-26,28H2,1H3. The maximum atomic E-state index is 12.9. The Hall–Kier alpha value is -3.81. The Morgan fingerprint density at radius 1 is 0.756 bits per heavy atom. The van der Waals surface area contributed by atoms with Crippen molar-refractivity contribution < 1.29 is 19.1 Å². The molecule has 1 heterocycles. The molecule has 5 rings (SSSR count). The molecular weight excluding hydrogens is 584 g/mol. The number of halogens is 1. The van der Waals surface area contributed by atoms with E-state index in [2.05, 4.69) is 46.2 Å². The number of carbonyl (C=O) groups is 2. The summed E-state index contributed by atoms with van der Waals surface area (Å²) < 4.78 is 11.4. The van der Waals surface area contributed by atoms with Gasteiger partial charge in [0.2, 0.25) is 0 Å². The van der Waals surface area contributed by atoms with Crippen molar-refractivity contribution in [1.29, 1.82) is 0 Å². The van der Waals surface area contributed by atoms with Crippen molar-refractivity contribution >= 4 is 23.4 Å². The topological polar surface area (TPSA) is 59.1 Å². The van der Waals surface area contributed by atoms with Crippen LogP contribution >= 0.6 is 11.6 Å². The van der Waals surface area contributed by atoms with Crippen molar-refractivity contribution in [2.75, 3.05) is 52.5 Å². The van der Waals surface area contributed by atoms with Gasteiger partial charge in [0.1, 0.15) is 6.61 Å². The van der Waals surface area contributed by atoms with Crippen LogP contribution < -0.4 is 0 Å². The van der Waals surface area contributed by atoms with Gasteiger partial charge < -0.3 is 9.47 Å². The third kappa shape index (κ3) is 9.12. The Morgan fingerprint density at radius 2 is 1.44 bits per heavy atom. The SMILES string of the molecule is CCC(C(=O)OCCOCCN1CCN(Cc2ccccc2-c2ccc(Cl)cc2)CC1)c1cccc(C(=O)c2ccccc2)c1. The number of hydrogen-bond acceptors (Lipinski definition) is 6. The zero-order valence-corrected chi connectivity index (χ0v) is 26.6. The van der Waals surface area contributed by atoms with E-state index in [1.807, 2.05) is 49.4 Å². The molecule has 4 aromatic carbocycles. The van der Waals surface area contributed by atoms with Crippen molar-refractivity contribution in [3.05, 3.63) is 130 Å².